The maximum absolute atomic E-state index is 12.8. The van der Waals surface area contributed by atoms with Crippen LogP contribution in [0, 0.1) is 0 Å². The molecule has 2 N–H and O–H groups in total. The topological polar surface area (TPSA) is 80.2 Å². The van der Waals surface area contributed by atoms with Crippen molar-refractivity contribution in [3.8, 4) is 0 Å². The zero-order valence-electron chi connectivity index (χ0n) is 13.4. The first kappa shape index (κ1) is 17.7. The SMILES string of the molecule is O=C(Cn1cccc(C(F)(F)F)c1=O)Nc1ccc2c(c1)CCC(=O)N2. The van der Waals surface area contributed by atoms with Crippen molar-refractivity contribution in [1.29, 1.82) is 0 Å². The number of hydrogen-bond acceptors (Lipinski definition) is 3. The molecule has 2 amide bonds. The number of nitrogens with zero attached hydrogens (tertiary/aromatic N) is 1. The summed E-state index contributed by atoms with van der Waals surface area (Å²) < 4.78 is 39.0. The number of anilines is 2. The number of carbonyl (C=O) groups excluding carboxylic acids is 2. The minimum absolute atomic E-state index is 0.0850. The predicted molar refractivity (Wildman–Crippen MR) is 87.7 cm³/mol. The second-order valence-corrected chi connectivity index (χ2v) is 5.82. The average molecular weight is 365 g/mol. The van der Waals surface area contributed by atoms with Crippen LogP contribution in [0.3, 0.4) is 0 Å². The Morgan fingerprint density at radius 2 is 1.96 bits per heavy atom. The molecule has 1 aliphatic rings. The Balaban J connectivity index is 1.74. The Morgan fingerprint density at radius 1 is 1.19 bits per heavy atom. The van der Waals surface area contributed by atoms with Crippen LogP contribution in [0.4, 0.5) is 24.5 Å². The summed E-state index contributed by atoms with van der Waals surface area (Å²) in [6.07, 6.45) is -2.79. The Labute approximate surface area is 145 Å². The van der Waals surface area contributed by atoms with Crippen molar-refractivity contribution in [2.24, 2.45) is 0 Å². The summed E-state index contributed by atoms with van der Waals surface area (Å²) in [7, 11) is 0. The van der Waals surface area contributed by atoms with Gasteiger partial charge in [-0.1, -0.05) is 0 Å². The highest BCUT2D eigenvalue weighted by atomic mass is 19.4. The van der Waals surface area contributed by atoms with Gasteiger partial charge in [-0.3, -0.25) is 14.4 Å². The fourth-order valence-electron chi connectivity index (χ4n) is 2.69. The number of benzene rings is 1. The van der Waals surface area contributed by atoms with E-state index in [4.69, 9.17) is 0 Å². The van der Waals surface area contributed by atoms with Gasteiger partial charge in [0.2, 0.25) is 11.8 Å². The minimum atomic E-state index is -4.78. The second-order valence-electron chi connectivity index (χ2n) is 5.82. The molecule has 0 aliphatic carbocycles. The van der Waals surface area contributed by atoms with Gasteiger partial charge in [-0.2, -0.15) is 13.2 Å². The number of pyridine rings is 1. The first-order chi connectivity index (χ1) is 12.2. The van der Waals surface area contributed by atoms with E-state index in [-0.39, 0.29) is 5.91 Å². The van der Waals surface area contributed by atoms with Crippen LogP contribution >= 0.6 is 0 Å². The van der Waals surface area contributed by atoms with Crippen molar-refractivity contribution in [3.05, 3.63) is 58.0 Å². The van der Waals surface area contributed by atoms with E-state index in [1.165, 1.54) is 0 Å². The van der Waals surface area contributed by atoms with E-state index in [2.05, 4.69) is 10.6 Å². The standard InChI is InChI=1S/C17H14F3N3O3/c18-17(19,20)12-2-1-7-23(16(12)26)9-15(25)21-11-4-5-13-10(8-11)3-6-14(24)22-13/h1-2,4-5,7-8H,3,6,9H2,(H,21,25)(H,22,24). The van der Waals surface area contributed by atoms with Gasteiger partial charge in [-0.15, -0.1) is 0 Å². The van der Waals surface area contributed by atoms with Gasteiger partial charge in [-0.25, -0.2) is 0 Å². The van der Waals surface area contributed by atoms with E-state index < -0.39 is 29.8 Å². The molecular weight excluding hydrogens is 351 g/mol. The average Bonchev–Trinajstić information content (AvgIpc) is 2.56. The van der Waals surface area contributed by atoms with Crippen LogP contribution in [-0.4, -0.2) is 16.4 Å². The van der Waals surface area contributed by atoms with Crippen molar-refractivity contribution in [1.82, 2.24) is 4.57 Å². The molecule has 0 saturated carbocycles. The maximum Gasteiger partial charge on any atom is 0.421 e. The molecule has 0 saturated heterocycles. The molecule has 2 aromatic rings. The maximum atomic E-state index is 12.8. The first-order valence-corrected chi connectivity index (χ1v) is 7.73. The highest BCUT2D eigenvalue weighted by molar-refractivity contribution is 5.95. The lowest BCUT2D eigenvalue weighted by Gasteiger charge is -2.18. The summed E-state index contributed by atoms with van der Waals surface area (Å²) in [5, 5.41) is 5.25. The van der Waals surface area contributed by atoms with Gasteiger partial charge < -0.3 is 15.2 Å². The summed E-state index contributed by atoms with van der Waals surface area (Å²) in [6, 6.07) is 6.63. The molecule has 26 heavy (non-hydrogen) atoms. The van der Waals surface area contributed by atoms with Gasteiger partial charge in [0.05, 0.1) is 0 Å². The van der Waals surface area contributed by atoms with Gasteiger partial charge in [0, 0.05) is 24.0 Å². The zero-order chi connectivity index (χ0) is 18.9. The summed E-state index contributed by atoms with van der Waals surface area (Å²) in [5.74, 6) is -0.718. The van der Waals surface area contributed by atoms with Crippen LogP contribution in [0.25, 0.3) is 0 Å². The Morgan fingerprint density at radius 3 is 2.69 bits per heavy atom. The number of aryl methyl sites for hydroxylation is 1. The smallest absolute Gasteiger partial charge is 0.326 e. The van der Waals surface area contributed by atoms with E-state index in [0.717, 1.165) is 17.8 Å². The number of alkyl halides is 3. The number of amides is 2. The lowest BCUT2D eigenvalue weighted by molar-refractivity contribution is -0.139. The third-order valence-electron chi connectivity index (χ3n) is 3.92. The van der Waals surface area contributed by atoms with Crippen LogP contribution in [0.2, 0.25) is 0 Å². The van der Waals surface area contributed by atoms with Crippen molar-refractivity contribution < 1.29 is 22.8 Å². The van der Waals surface area contributed by atoms with E-state index in [1.54, 1.807) is 18.2 Å². The molecule has 136 valence electrons. The Bertz CT molecular complexity index is 935. The number of fused-ring (bicyclic) bond motifs is 1. The monoisotopic (exact) mass is 365 g/mol. The fraction of sp³-hybridized carbons (Fsp3) is 0.235. The highest BCUT2D eigenvalue weighted by Crippen LogP contribution is 2.26. The number of aromatic nitrogens is 1. The highest BCUT2D eigenvalue weighted by Gasteiger charge is 2.34. The lowest BCUT2D eigenvalue weighted by Crippen LogP contribution is -2.32. The number of carbonyl (C=O) groups is 2. The molecule has 0 spiro atoms. The summed E-state index contributed by atoms with van der Waals surface area (Å²) in [4.78, 5) is 35.3. The predicted octanol–water partition coefficient (Wildman–Crippen LogP) is 2.39. The minimum Gasteiger partial charge on any atom is -0.326 e. The van der Waals surface area contributed by atoms with Crippen LogP contribution in [0.5, 0.6) is 0 Å². The number of nitrogens with one attached hydrogen (secondary N) is 2. The molecule has 1 aromatic carbocycles. The number of rotatable bonds is 3. The van der Waals surface area contributed by atoms with Crippen LogP contribution in [-0.2, 0) is 28.7 Å². The quantitative estimate of drug-likeness (QED) is 0.877. The molecule has 0 fully saturated rings. The second kappa shape index (κ2) is 6.66. The van der Waals surface area contributed by atoms with E-state index >= 15 is 0 Å². The lowest BCUT2D eigenvalue weighted by atomic mass is 10.0. The molecule has 0 radical (unpaired) electrons. The summed E-state index contributed by atoms with van der Waals surface area (Å²) >= 11 is 0. The molecule has 1 aromatic heterocycles. The molecule has 0 unspecified atom stereocenters. The third-order valence-corrected chi connectivity index (χ3v) is 3.92. The number of halogens is 3. The fourth-order valence-corrected chi connectivity index (χ4v) is 2.69. The van der Waals surface area contributed by atoms with Crippen molar-refractivity contribution in [2.45, 2.75) is 25.6 Å². The summed E-state index contributed by atoms with van der Waals surface area (Å²) in [6.45, 7) is -0.545. The molecule has 0 atom stereocenters. The zero-order valence-corrected chi connectivity index (χ0v) is 13.4. The van der Waals surface area contributed by atoms with Crippen molar-refractivity contribution in [3.63, 3.8) is 0 Å². The third kappa shape index (κ3) is 3.76. The molecule has 6 nitrogen and oxygen atoms in total. The van der Waals surface area contributed by atoms with E-state index in [0.29, 0.717) is 34.8 Å². The molecule has 0 bridgehead atoms. The van der Waals surface area contributed by atoms with E-state index in [1.807, 2.05) is 0 Å². The van der Waals surface area contributed by atoms with Gasteiger partial charge in [0.15, 0.2) is 0 Å². The number of hydrogen-bond donors (Lipinski definition) is 2. The van der Waals surface area contributed by atoms with Crippen LogP contribution in [0.15, 0.2) is 41.3 Å². The van der Waals surface area contributed by atoms with Gasteiger partial charge in [0.1, 0.15) is 12.1 Å². The van der Waals surface area contributed by atoms with Crippen LogP contribution in [0.1, 0.15) is 17.5 Å². The molecule has 2 heterocycles. The molecular formula is C17H14F3N3O3. The van der Waals surface area contributed by atoms with Crippen LogP contribution < -0.4 is 16.2 Å². The Kier molecular flexibility index (Phi) is 4.54. The van der Waals surface area contributed by atoms with Gasteiger partial charge in [-0.05, 0) is 42.3 Å². The Hall–Kier alpha value is -3.10. The summed E-state index contributed by atoms with van der Waals surface area (Å²) in [5.41, 5.74) is -0.655. The van der Waals surface area contributed by atoms with Gasteiger partial charge in [0.25, 0.3) is 5.56 Å². The molecule has 3 rings (SSSR count). The largest absolute Gasteiger partial charge is 0.421 e. The first-order valence-electron chi connectivity index (χ1n) is 7.73. The van der Waals surface area contributed by atoms with Crippen molar-refractivity contribution in [2.75, 3.05) is 10.6 Å². The van der Waals surface area contributed by atoms with E-state index in [9.17, 15) is 27.6 Å². The van der Waals surface area contributed by atoms with Crippen molar-refractivity contribution >= 4 is 23.2 Å². The van der Waals surface area contributed by atoms with Gasteiger partial charge >= 0.3 is 6.18 Å². The molecule has 1 aliphatic heterocycles. The molecule has 9 heteroatoms. The normalized spacial score (nSPS) is 13.7.